The van der Waals surface area contributed by atoms with Crippen LogP contribution in [0.5, 0.6) is 0 Å². The molecule has 0 fully saturated rings. The Hall–Kier alpha value is -1.61. The highest BCUT2D eigenvalue weighted by molar-refractivity contribution is 5.91. The third-order valence-corrected chi connectivity index (χ3v) is 3.03. The Morgan fingerprint density at radius 3 is 2.47 bits per heavy atom. The molecule has 0 amide bonds. The second-order valence-corrected chi connectivity index (χ2v) is 6.15. The Morgan fingerprint density at radius 1 is 1.16 bits per heavy atom. The summed E-state index contributed by atoms with van der Waals surface area (Å²) < 4.78 is 0. The normalized spacial score (nSPS) is 11.8. The van der Waals surface area contributed by atoms with E-state index in [1.807, 2.05) is 6.07 Å². The van der Waals surface area contributed by atoms with Crippen molar-refractivity contribution in [3.8, 4) is 0 Å². The van der Waals surface area contributed by atoms with Crippen LogP contribution in [0.2, 0.25) is 0 Å². The number of para-hydroxylation sites is 1. The summed E-state index contributed by atoms with van der Waals surface area (Å²) in [6, 6.07) is 10.5. The van der Waals surface area contributed by atoms with E-state index in [1.165, 1.54) is 11.1 Å². The first-order chi connectivity index (χ1) is 8.87. The van der Waals surface area contributed by atoms with Crippen LogP contribution in [0.25, 0.3) is 10.9 Å². The summed E-state index contributed by atoms with van der Waals surface area (Å²) in [4.78, 5) is 6.88. The van der Waals surface area contributed by atoms with E-state index < -0.39 is 0 Å². The number of anilines is 1. The molecule has 0 radical (unpaired) electrons. The fourth-order valence-corrected chi connectivity index (χ4v) is 2.03. The van der Waals surface area contributed by atoms with Gasteiger partial charge in [0.25, 0.3) is 0 Å². The fraction of sp³-hybridized carbons (Fsp3) is 0.438. The van der Waals surface area contributed by atoms with Crippen molar-refractivity contribution in [2.75, 3.05) is 19.0 Å². The average Bonchev–Trinajstić information content (AvgIpc) is 2.34. The van der Waals surface area contributed by atoms with E-state index in [4.69, 9.17) is 4.98 Å². The van der Waals surface area contributed by atoms with Crippen LogP contribution in [0.15, 0.2) is 30.3 Å². The molecule has 1 aromatic carbocycles. The molecule has 0 spiro atoms. The minimum absolute atomic E-state index is 0.103. The van der Waals surface area contributed by atoms with Gasteiger partial charge in [0, 0.05) is 37.3 Å². The third-order valence-electron chi connectivity index (χ3n) is 3.03. The Bertz CT molecular complexity index is 568. The fourth-order valence-electron chi connectivity index (χ4n) is 2.03. The smallest absolute Gasteiger partial charge is 0.0726 e. The van der Waals surface area contributed by atoms with Gasteiger partial charge in [0.05, 0.1) is 11.2 Å². The van der Waals surface area contributed by atoms with Crippen molar-refractivity contribution in [1.29, 1.82) is 0 Å². The predicted octanol–water partition coefficient (Wildman–Crippen LogP) is 3.19. The summed E-state index contributed by atoms with van der Waals surface area (Å²) in [5, 5.41) is 4.69. The lowest BCUT2D eigenvalue weighted by molar-refractivity contribution is 0.421. The van der Waals surface area contributed by atoms with E-state index in [2.05, 4.69) is 69.3 Å². The Kier molecular flexibility index (Phi) is 3.76. The Labute approximate surface area is 115 Å². The number of pyridine rings is 1. The van der Waals surface area contributed by atoms with Gasteiger partial charge in [-0.1, -0.05) is 18.2 Å². The molecule has 0 unspecified atom stereocenters. The van der Waals surface area contributed by atoms with Crippen LogP contribution in [-0.4, -0.2) is 24.6 Å². The highest BCUT2D eigenvalue weighted by Crippen LogP contribution is 2.25. The first kappa shape index (κ1) is 13.8. The van der Waals surface area contributed by atoms with Crippen LogP contribution in [-0.2, 0) is 6.54 Å². The van der Waals surface area contributed by atoms with E-state index in [0.29, 0.717) is 0 Å². The van der Waals surface area contributed by atoms with E-state index >= 15 is 0 Å². The summed E-state index contributed by atoms with van der Waals surface area (Å²) in [7, 11) is 4.14. The highest BCUT2D eigenvalue weighted by Gasteiger charge is 2.11. The molecule has 3 nitrogen and oxygen atoms in total. The molecule has 0 atom stereocenters. The summed E-state index contributed by atoms with van der Waals surface area (Å²) in [5.74, 6) is 0. The van der Waals surface area contributed by atoms with Gasteiger partial charge in [0.1, 0.15) is 0 Å². The minimum atomic E-state index is 0.103. The number of fused-ring (bicyclic) bond motifs is 1. The van der Waals surface area contributed by atoms with Crippen LogP contribution in [0.3, 0.4) is 0 Å². The second kappa shape index (κ2) is 5.17. The molecule has 0 aliphatic heterocycles. The van der Waals surface area contributed by atoms with Crippen molar-refractivity contribution in [3.05, 3.63) is 36.0 Å². The Morgan fingerprint density at radius 2 is 1.84 bits per heavy atom. The maximum Gasteiger partial charge on any atom is 0.0726 e. The van der Waals surface area contributed by atoms with Crippen molar-refractivity contribution in [2.45, 2.75) is 32.9 Å². The molecule has 2 rings (SSSR count). The highest BCUT2D eigenvalue weighted by atomic mass is 15.1. The van der Waals surface area contributed by atoms with E-state index in [-0.39, 0.29) is 5.54 Å². The van der Waals surface area contributed by atoms with Gasteiger partial charge < -0.3 is 10.2 Å². The summed E-state index contributed by atoms with van der Waals surface area (Å²) in [6.45, 7) is 7.29. The van der Waals surface area contributed by atoms with E-state index in [9.17, 15) is 0 Å². The molecule has 0 bridgehead atoms. The molecule has 1 N–H and O–H groups in total. The minimum Gasteiger partial charge on any atom is -0.377 e. The SMILES string of the molecule is CN(C)c1cc(CNC(C)(C)C)nc2ccccc12. The van der Waals surface area contributed by atoms with E-state index in [0.717, 1.165) is 17.8 Å². The number of hydrogen-bond donors (Lipinski definition) is 1. The molecule has 2 aromatic rings. The van der Waals surface area contributed by atoms with Gasteiger partial charge in [0.2, 0.25) is 0 Å². The molecule has 0 saturated carbocycles. The topological polar surface area (TPSA) is 28.2 Å². The summed E-state index contributed by atoms with van der Waals surface area (Å²) >= 11 is 0. The number of nitrogens with one attached hydrogen (secondary N) is 1. The predicted molar refractivity (Wildman–Crippen MR) is 82.7 cm³/mol. The summed E-state index contributed by atoms with van der Waals surface area (Å²) in [5.41, 5.74) is 3.46. The first-order valence-corrected chi connectivity index (χ1v) is 6.68. The van der Waals surface area contributed by atoms with Gasteiger partial charge in [-0.05, 0) is 32.9 Å². The van der Waals surface area contributed by atoms with Gasteiger partial charge in [-0.3, -0.25) is 4.98 Å². The lowest BCUT2D eigenvalue weighted by Gasteiger charge is -2.21. The van der Waals surface area contributed by atoms with Gasteiger partial charge >= 0.3 is 0 Å². The zero-order chi connectivity index (χ0) is 14.0. The largest absolute Gasteiger partial charge is 0.377 e. The molecular formula is C16H23N3. The summed E-state index contributed by atoms with van der Waals surface area (Å²) in [6.07, 6.45) is 0. The van der Waals surface area contributed by atoms with Gasteiger partial charge in [0.15, 0.2) is 0 Å². The van der Waals surface area contributed by atoms with Gasteiger partial charge in [-0.15, -0.1) is 0 Å². The van der Waals surface area contributed by atoms with Crippen molar-refractivity contribution in [2.24, 2.45) is 0 Å². The molecule has 0 aliphatic rings. The lowest BCUT2D eigenvalue weighted by atomic mass is 10.1. The molecule has 3 heteroatoms. The molecule has 19 heavy (non-hydrogen) atoms. The Balaban J connectivity index is 2.41. The van der Waals surface area contributed by atoms with Crippen LogP contribution >= 0.6 is 0 Å². The van der Waals surface area contributed by atoms with Crippen LogP contribution < -0.4 is 10.2 Å². The number of benzene rings is 1. The lowest BCUT2D eigenvalue weighted by Crippen LogP contribution is -2.35. The van der Waals surface area contributed by atoms with Crippen LogP contribution in [0.4, 0.5) is 5.69 Å². The second-order valence-electron chi connectivity index (χ2n) is 6.15. The molecule has 0 aliphatic carbocycles. The van der Waals surface area contributed by atoms with E-state index in [1.54, 1.807) is 0 Å². The van der Waals surface area contributed by atoms with Gasteiger partial charge in [-0.2, -0.15) is 0 Å². The molecule has 102 valence electrons. The molecule has 1 heterocycles. The van der Waals surface area contributed by atoms with Crippen LogP contribution in [0.1, 0.15) is 26.5 Å². The van der Waals surface area contributed by atoms with Crippen molar-refractivity contribution < 1.29 is 0 Å². The van der Waals surface area contributed by atoms with Gasteiger partial charge in [-0.25, -0.2) is 0 Å². The van der Waals surface area contributed by atoms with Crippen LogP contribution in [0, 0.1) is 0 Å². The monoisotopic (exact) mass is 257 g/mol. The standard InChI is InChI=1S/C16H23N3/c1-16(2,3)17-11-12-10-15(19(4)5)13-8-6-7-9-14(13)18-12/h6-10,17H,11H2,1-5H3. The molecular weight excluding hydrogens is 234 g/mol. The quantitative estimate of drug-likeness (QED) is 0.915. The van der Waals surface area contributed by atoms with Crippen molar-refractivity contribution in [3.63, 3.8) is 0 Å². The third kappa shape index (κ3) is 3.44. The average molecular weight is 257 g/mol. The van der Waals surface area contributed by atoms with Crippen molar-refractivity contribution in [1.82, 2.24) is 10.3 Å². The molecule has 0 saturated heterocycles. The maximum absolute atomic E-state index is 4.73. The zero-order valence-corrected chi connectivity index (χ0v) is 12.5. The number of aromatic nitrogens is 1. The number of rotatable bonds is 3. The maximum atomic E-state index is 4.73. The molecule has 1 aromatic heterocycles. The number of hydrogen-bond acceptors (Lipinski definition) is 3. The number of nitrogens with zero attached hydrogens (tertiary/aromatic N) is 2. The first-order valence-electron chi connectivity index (χ1n) is 6.68. The van der Waals surface area contributed by atoms with Crippen molar-refractivity contribution >= 4 is 16.6 Å². The zero-order valence-electron chi connectivity index (χ0n) is 12.5.